The second-order valence-electron chi connectivity index (χ2n) is 12.6. The molecule has 3 aromatic carbocycles. The first-order valence-corrected chi connectivity index (χ1v) is 18.0. The zero-order valence-electron chi connectivity index (χ0n) is 30.3. The highest BCUT2D eigenvalue weighted by Crippen LogP contribution is 2.44. The molecule has 0 aromatic heterocycles. The topological polar surface area (TPSA) is 193 Å². The summed E-state index contributed by atoms with van der Waals surface area (Å²) in [7, 11) is 0. The number of nitrogens with one attached hydrogen (secondary N) is 3. The third-order valence-electron chi connectivity index (χ3n) is 8.71. The zero-order chi connectivity index (χ0) is 38.1. The molecule has 1 aliphatic heterocycles. The van der Waals surface area contributed by atoms with Gasteiger partial charge < -0.3 is 40.4 Å². The van der Waals surface area contributed by atoms with E-state index in [1.807, 2.05) is 36.4 Å². The summed E-state index contributed by atoms with van der Waals surface area (Å²) in [5, 5.41) is 9.18. The van der Waals surface area contributed by atoms with Gasteiger partial charge in [-0.2, -0.15) is 4.79 Å². The third kappa shape index (κ3) is 11.8. The Morgan fingerprint density at radius 1 is 0.759 bits per heavy atom. The molecule has 1 unspecified atom stereocenters. The predicted octanol–water partition coefficient (Wildman–Crippen LogP) is 4.03. The number of fused-ring (bicyclic) bond motifs is 3. The molecular weight excluding hydrogens is 696 g/mol. The van der Waals surface area contributed by atoms with Crippen molar-refractivity contribution in [3.63, 3.8) is 0 Å². The molecule has 1 atom stereocenters. The molecule has 0 bridgehead atoms. The SMILES string of the molecule is CC(=[N+]=[N-])c1cccc(NC(=O)CCC(=O)NCCCOCCOCCOCCCNC(=O)C2ON2C(=O)OCC2c3ccccc3-c3ccccc32)c1. The number of amides is 4. The van der Waals surface area contributed by atoms with Gasteiger partial charge in [-0.25, -0.2) is 9.63 Å². The Kier molecular flexibility index (Phi) is 15.2. The lowest BCUT2D eigenvalue weighted by Gasteiger charge is -2.13. The Morgan fingerprint density at radius 3 is 2.00 bits per heavy atom. The molecule has 1 fully saturated rings. The van der Waals surface area contributed by atoms with Crippen LogP contribution in [0.2, 0.25) is 0 Å². The van der Waals surface area contributed by atoms with Gasteiger partial charge in [-0.15, -0.1) is 5.06 Å². The maximum Gasteiger partial charge on any atom is 0.437 e. The minimum atomic E-state index is -1.00. The van der Waals surface area contributed by atoms with Crippen LogP contribution in [0.3, 0.4) is 0 Å². The van der Waals surface area contributed by atoms with Crippen LogP contribution in [-0.4, -0.2) is 105 Å². The molecule has 15 nitrogen and oxygen atoms in total. The highest BCUT2D eigenvalue weighted by molar-refractivity contribution is 5.97. The average molecular weight is 743 g/mol. The van der Waals surface area contributed by atoms with Crippen molar-refractivity contribution in [2.24, 2.45) is 0 Å². The van der Waals surface area contributed by atoms with Crippen molar-refractivity contribution >= 4 is 35.2 Å². The summed E-state index contributed by atoms with van der Waals surface area (Å²) in [6.07, 6.45) is -0.399. The van der Waals surface area contributed by atoms with Gasteiger partial charge in [0.15, 0.2) is 0 Å². The molecule has 3 aromatic rings. The molecule has 15 heteroatoms. The molecule has 3 N–H and O–H groups in total. The lowest BCUT2D eigenvalue weighted by atomic mass is 9.98. The fourth-order valence-corrected chi connectivity index (χ4v) is 5.87. The van der Waals surface area contributed by atoms with Crippen molar-refractivity contribution in [3.05, 3.63) is 95.0 Å². The van der Waals surface area contributed by atoms with Crippen LogP contribution < -0.4 is 16.0 Å². The van der Waals surface area contributed by atoms with Gasteiger partial charge in [-0.3, -0.25) is 14.4 Å². The van der Waals surface area contributed by atoms with E-state index in [-0.39, 0.29) is 37.2 Å². The van der Waals surface area contributed by atoms with E-state index in [1.54, 1.807) is 31.2 Å². The van der Waals surface area contributed by atoms with Crippen LogP contribution in [0.15, 0.2) is 72.8 Å². The van der Waals surface area contributed by atoms with E-state index < -0.39 is 18.2 Å². The fourth-order valence-electron chi connectivity index (χ4n) is 5.87. The van der Waals surface area contributed by atoms with E-state index in [0.717, 1.165) is 27.3 Å². The molecule has 286 valence electrons. The van der Waals surface area contributed by atoms with Crippen LogP contribution in [0.4, 0.5) is 10.5 Å². The van der Waals surface area contributed by atoms with E-state index in [2.05, 4.69) is 32.9 Å². The number of benzene rings is 3. The van der Waals surface area contributed by atoms with Crippen molar-refractivity contribution in [3.8, 4) is 11.1 Å². The van der Waals surface area contributed by atoms with Gasteiger partial charge in [0.25, 0.3) is 17.8 Å². The Balaban J connectivity index is 0.793. The summed E-state index contributed by atoms with van der Waals surface area (Å²) in [5.74, 6) is -1.00. The lowest BCUT2D eigenvalue weighted by Crippen LogP contribution is -2.32. The van der Waals surface area contributed by atoms with Crippen LogP contribution >= 0.6 is 0 Å². The van der Waals surface area contributed by atoms with Crippen molar-refractivity contribution in [1.29, 1.82) is 0 Å². The third-order valence-corrected chi connectivity index (χ3v) is 8.71. The minimum absolute atomic E-state index is 0.0411. The van der Waals surface area contributed by atoms with Gasteiger partial charge in [-0.05, 0) is 53.3 Å². The number of nitrogens with zero attached hydrogens (tertiary/aromatic N) is 3. The monoisotopic (exact) mass is 742 g/mol. The Bertz CT molecular complexity index is 1770. The van der Waals surface area contributed by atoms with Crippen LogP contribution in [-0.2, 0) is 38.2 Å². The maximum atomic E-state index is 12.6. The van der Waals surface area contributed by atoms with Gasteiger partial charge in [0.2, 0.25) is 11.8 Å². The van der Waals surface area contributed by atoms with Gasteiger partial charge in [0.05, 0.1) is 32.0 Å². The van der Waals surface area contributed by atoms with Crippen molar-refractivity contribution < 1.29 is 47.8 Å². The number of carbonyl (C=O) groups excluding carboxylic acids is 4. The second kappa shape index (κ2) is 20.7. The summed E-state index contributed by atoms with van der Waals surface area (Å²) in [6, 6.07) is 23.0. The second-order valence-corrected chi connectivity index (χ2v) is 12.6. The van der Waals surface area contributed by atoms with Crippen LogP contribution in [0, 0.1) is 0 Å². The lowest BCUT2D eigenvalue weighted by molar-refractivity contribution is -0.124. The highest BCUT2D eigenvalue weighted by atomic mass is 16.9. The standard InChI is InChI=1S/C39H46N6O9/c1-27(44-40)28-9-6-10-29(25-28)43-36(47)16-15-35(46)41-17-7-19-50-21-23-52-24-22-51-20-8-18-42-37(48)38-45(54-38)39(49)53-26-34-32-13-4-2-11-30(32)31-12-3-5-14-33(31)34/h2-6,9-14,25,34,38H,7-8,15-24,26H2,1H3,(H,41,46)(H,42,48)(H,43,47). The van der Waals surface area contributed by atoms with Crippen molar-refractivity contribution in [2.75, 3.05) is 64.7 Å². The van der Waals surface area contributed by atoms with Gasteiger partial charge >= 0.3 is 6.09 Å². The first-order chi connectivity index (χ1) is 26.4. The maximum absolute atomic E-state index is 12.6. The number of hydrogen-bond donors (Lipinski definition) is 3. The van der Waals surface area contributed by atoms with E-state index in [4.69, 9.17) is 29.3 Å². The van der Waals surface area contributed by atoms with Crippen LogP contribution in [0.1, 0.15) is 55.2 Å². The first kappa shape index (κ1) is 39.8. The Morgan fingerprint density at radius 2 is 1.35 bits per heavy atom. The molecule has 54 heavy (non-hydrogen) atoms. The largest absolute Gasteiger partial charge is 0.447 e. The van der Waals surface area contributed by atoms with Crippen molar-refractivity contribution in [1.82, 2.24) is 15.7 Å². The highest BCUT2D eigenvalue weighted by Gasteiger charge is 2.49. The van der Waals surface area contributed by atoms with E-state index in [1.165, 1.54) is 0 Å². The molecule has 2 aliphatic rings. The summed E-state index contributed by atoms with van der Waals surface area (Å²) in [6.45, 7) is 5.06. The van der Waals surface area contributed by atoms with E-state index in [0.29, 0.717) is 82.5 Å². The molecule has 0 spiro atoms. The summed E-state index contributed by atoms with van der Waals surface area (Å²) >= 11 is 0. The van der Waals surface area contributed by atoms with Crippen LogP contribution in [0.5, 0.6) is 0 Å². The molecule has 0 saturated carbocycles. The molecule has 1 heterocycles. The number of ether oxygens (including phenoxy) is 4. The van der Waals surface area contributed by atoms with Crippen LogP contribution in [0.25, 0.3) is 16.7 Å². The molecule has 4 amide bonds. The average Bonchev–Trinajstić information content (AvgIpc) is 3.94. The summed E-state index contributed by atoms with van der Waals surface area (Å²) in [5.41, 5.74) is 15.0. The smallest absolute Gasteiger partial charge is 0.437 e. The first-order valence-electron chi connectivity index (χ1n) is 18.0. The number of hydroxylamine groups is 2. The molecule has 1 saturated heterocycles. The zero-order valence-corrected chi connectivity index (χ0v) is 30.3. The van der Waals surface area contributed by atoms with Gasteiger partial charge in [0, 0.05) is 57.7 Å². The predicted molar refractivity (Wildman–Crippen MR) is 197 cm³/mol. The number of carbonyl (C=O) groups is 4. The quantitative estimate of drug-likeness (QED) is 0.0448. The minimum Gasteiger partial charge on any atom is -0.447 e. The molecular formula is C39H46N6O9. The number of anilines is 1. The van der Waals surface area contributed by atoms with Gasteiger partial charge in [0.1, 0.15) is 6.61 Å². The Hall–Kier alpha value is -5.44. The van der Waals surface area contributed by atoms with Gasteiger partial charge in [-0.1, -0.05) is 54.6 Å². The number of rotatable bonds is 22. The van der Waals surface area contributed by atoms with Crippen molar-refractivity contribution in [2.45, 2.75) is 44.8 Å². The molecule has 0 radical (unpaired) electrons. The molecule has 5 rings (SSSR count). The molecule has 1 aliphatic carbocycles. The summed E-state index contributed by atoms with van der Waals surface area (Å²) in [4.78, 5) is 57.5. The normalized spacial score (nSPS) is 14.0. The van der Waals surface area contributed by atoms with E-state index >= 15 is 0 Å². The van der Waals surface area contributed by atoms with E-state index in [9.17, 15) is 19.2 Å². The fraction of sp³-hybridized carbons (Fsp3) is 0.410. The number of hydrogen-bond acceptors (Lipinski definition) is 9. The summed E-state index contributed by atoms with van der Waals surface area (Å²) < 4.78 is 22.1. The Labute approximate surface area is 313 Å².